The molecule has 1 N–H and O–H groups in total. The monoisotopic (exact) mass is 303 g/mol. The molecule has 1 rings (SSSR count). The molecule has 1 aliphatic heterocycles. The first-order chi connectivity index (χ1) is 9.65. The van der Waals surface area contributed by atoms with E-state index in [0.29, 0.717) is 13.0 Å². The van der Waals surface area contributed by atoms with E-state index in [2.05, 4.69) is 34.6 Å². The van der Waals surface area contributed by atoms with E-state index >= 15 is 0 Å². The van der Waals surface area contributed by atoms with Gasteiger partial charge in [-0.05, 0) is 25.7 Å². The maximum atomic E-state index is 11.8. The van der Waals surface area contributed by atoms with E-state index in [4.69, 9.17) is 9.84 Å². The minimum Gasteiger partial charge on any atom is -0.444 e. The van der Waals surface area contributed by atoms with Crippen LogP contribution in [-0.4, -0.2) is 40.9 Å². The van der Waals surface area contributed by atoms with Gasteiger partial charge in [0.2, 0.25) is 0 Å². The Hall–Kier alpha value is -0.770. The predicted octanol–water partition coefficient (Wildman–Crippen LogP) is 4.46. The molecule has 4 heteroatoms. The Morgan fingerprint density at radius 3 is 2.00 bits per heavy atom. The molecule has 4 nitrogen and oxygen atoms in total. The van der Waals surface area contributed by atoms with Crippen LogP contribution in [0.5, 0.6) is 0 Å². The summed E-state index contributed by atoms with van der Waals surface area (Å²) in [6.45, 7) is 19.3. The van der Waals surface area contributed by atoms with Crippen LogP contribution in [0.15, 0.2) is 0 Å². The molecule has 0 aliphatic carbocycles. The molecule has 0 bridgehead atoms. The van der Waals surface area contributed by atoms with Crippen molar-refractivity contribution in [3.05, 3.63) is 0 Å². The highest BCUT2D eigenvalue weighted by Gasteiger charge is 2.41. The molecule has 1 amide bonds. The van der Waals surface area contributed by atoms with Crippen molar-refractivity contribution < 1.29 is 14.6 Å². The number of rotatable bonds is 4. The molecular weight excluding hydrogens is 266 g/mol. The number of cyclic esters (lactones) is 1. The van der Waals surface area contributed by atoms with Gasteiger partial charge < -0.3 is 9.84 Å². The van der Waals surface area contributed by atoms with Crippen molar-refractivity contribution in [1.29, 1.82) is 0 Å². The van der Waals surface area contributed by atoms with Gasteiger partial charge in [-0.15, -0.1) is 0 Å². The number of carbonyl (C=O) groups excluding carboxylic acids is 1. The highest BCUT2D eigenvalue weighted by atomic mass is 16.6. The number of hydrogen-bond donors (Lipinski definition) is 1. The third-order valence-electron chi connectivity index (χ3n) is 3.02. The first-order valence-electron chi connectivity index (χ1n) is 8.25. The second kappa shape index (κ2) is 10.0. The van der Waals surface area contributed by atoms with Crippen molar-refractivity contribution >= 4 is 6.09 Å². The topological polar surface area (TPSA) is 49.8 Å². The lowest BCUT2D eigenvalue weighted by atomic mass is 9.81. The predicted molar refractivity (Wildman–Crippen MR) is 89.5 cm³/mol. The average Bonchev–Trinajstić information content (AvgIpc) is 2.74. The number of carbonyl (C=O) groups is 1. The van der Waals surface area contributed by atoms with E-state index in [1.807, 2.05) is 27.7 Å². The molecule has 0 aromatic carbocycles. The minimum absolute atomic E-state index is 0.0610. The van der Waals surface area contributed by atoms with Crippen LogP contribution in [0.4, 0.5) is 4.79 Å². The molecule has 0 spiro atoms. The number of aliphatic hydroxyl groups is 1. The number of hydrogen-bond acceptors (Lipinski definition) is 3. The summed E-state index contributed by atoms with van der Waals surface area (Å²) in [5.41, 5.74) is -0.0433. The Labute approximate surface area is 131 Å². The quantitative estimate of drug-likeness (QED) is 0.834. The van der Waals surface area contributed by atoms with Crippen LogP contribution in [0.2, 0.25) is 0 Å². The van der Waals surface area contributed by atoms with E-state index in [1.54, 1.807) is 4.90 Å². The zero-order chi connectivity index (χ0) is 17.3. The third-order valence-corrected chi connectivity index (χ3v) is 3.02. The summed E-state index contributed by atoms with van der Waals surface area (Å²) in [6, 6.07) is 0. The van der Waals surface area contributed by atoms with E-state index < -0.39 is 0 Å². The van der Waals surface area contributed by atoms with Crippen molar-refractivity contribution in [2.75, 3.05) is 13.2 Å². The van der Waals surface area contributed by atoms with Gasteiger partial charge >= 0.3 is 6.09 Å². The molecule has 0 saturated carbocycles. The average molecular weight is 303 g/mol. The second-order valence-electron chi connectivity index (χ2n) is 6.68. The fraction of sp³-hybridized carbons (Fsp3) is 0.941. The van der Waals surface area contributed by atoms with Gasteiger partial charge in [0.25, 0.3) is 0 Å². The summed E-state index contributed by atoms with van der Waals surface area (Å²) in [4.78, 5) is 13.6. The molecule has 1 fully saturated rings. The van der Waals surface area contributed by atoms with Gasteiger partial charge in [0, 0.05) is 18.6 Å². The lowest BCUT2D eigenvalue weighted by Crippen LogP contribution is -2.47. The zero-order valence-electron chi connectivity index (χ0n) is 15.6. The van der Waals surface area contributed by atoms with Crippen LogP contribution in [0.25, 0.3) is 0 Å². The SMILES string of the molecule is CC.CC.CC(C)(C)CC(C)(C)N1CC(CCO)OC1=O. The second-order valence-corrected chi connectivity index (χ2v) is 6.68. The smallest absolute Gasteiger partial charge is 0.410 e. The summed E-state index contributed by atoms with van der Waals surface area (Å²) < 4.78 is 5.24. The van der Waals surface area contributed by atoms with E-state index in [0.717, 1.165) is 6.42 Å². The number of nitrogens with zero attached hydrogens (tertiary/aromatic N) is 1. The molecule has 1 atom stereocenters. The molecule has 0 aromatic rings. The first kappa shape index (κ1) is 22.5. The molecule has 0 aromatic heterocycles. The molecular formula is C17H37NO3. The maximum Gasteiger partial charge on any atom is 0.410 e. The molecule has 1 unspecified atom stereocenters. The Balaban J connectivity index is 0. The van der Waals surface area contributed by atoms with E-state index in [-0.39, 0.29) is 29.8 Å². The van der Waals surface area contributed by atoms with Crippen LogP contribution in [-0.2, 0) is 4.74 Å². The fourth-order valence-electron chi connectivity index (χ4n) is 2.70. The normalized spacial score (nSPS) is 18.3. The van der Waals surface area contributed by atoms with Crippen LogP contribution >= 0.6 is 0 Å². The fourth-order valence-corrected chi connectivity index (χ4v) is 2.70. The van der Waals surface area contributed by atoms with E-state index in [1.165, 1.54) is 0 Å². The lowest BCUT2D eigenvalue weighted by molar-refractivity contribution is 0.0962. The molecule has 21 heavy (non-hydrogen) atoms. The first-order valence-corrected chi connectivity index (χ1v) is 8.25. The summed E-state index contributed by atoms with van der Waals surface area (Å²) in [5.74, 6) is 0. The Kier molecular flexibility index (Phi) is 10.8. The van der Waals surface area contributed by atoms with Crippen molar-refractivity contribution in [2.24, 2.45) is 5.41 Å². The van der Waals surface area contributed by atoms with Gasteiger partial charge in [0.05, 0.1) is 6.54 Å². The molecule has 1 saturated heterocycles. The third kappa shape index (κ3) is 8.30. The number of ether oxygens (including phenoxy) is 1. The van der Waals surface area contributed by atoms with Gasteiger partial charge in [-0.2, -0.15) is 0 Å². The summed E-state index contributed by atoms with van der Waals surface area (Å²) in [6.07, 6.45) is 1.03. The maximum absolute atomic E-state index is 11.8. The van der Waals surface area contributed by atoms with Crippen molar-refractivity contribution in [1.82, 2.24) is 4.90 Å². The highest BCUT2D eigenvalue weighted by Crippen LogP contribution is 2.34. The van der Waals surface area contributed by atoms with Gasteiger partial charge in [0.1, 0.15) is 6.10 Å². The molecule has 0 radical (unpaired) electrons. The number of aliphatic hydroxyl groups excluding tert-OH is 1. The Morgan fingerprint density at radius 1 is 1.14 bits per heavy atom. The number of amides is 1. The van der Waals surface area contributed by atoms with Gasteiger partial charge in [-0.1, -0.05) is 48.5 Å². The van der Waals surface area contributed by atoms with Crippen LogP contribution in [0.3, 0.4) is 0 Å². The molecule has 1 aliphatic rings. The molecule has 1 heterocycles. The summed E-state index contributed by atoms with van der Waals surface area (Å²) in [5, 5.41) is 8.88. The van der Waals surface area contributed by atoms with Gasteiger partial charge in [-0.25, -0.2) is 4.79 Å². The van der Waals surface area contributed by atoms with E-state index in [9.17, 15) is 4.79 Å². The highest BCUT2D eigenvalue weighted by molar-refractivity contribution is 5.70. The standard InChI is InChI=1S/C13H25NO3.2C2H6/c1-12(2,3)9-13(4,5)14-8-10(6-7-15)17-11(14)16;2*1-2/h10,15H,6-9H2,1-5H3;2*1-2H3. The van der Waals surface area contributed by atoms with Crippen molar-refractivity contribution in [3.8, 4) is 0 Å². The summed E-state index contributed by atoms with van der Waals surface area (Å²) >= 11 is 0. The Morgan fingerprint density at radius 2 is 1.62 bits per heavy atom. The summed E-state index contributed by atoms with van der Waals surface area (Å²) in [7, 11) is 0. The zero-order valence-corrected chi connectivity index (χ0v) is 15.6. The lowest BCUT2D eigenvalue weighted by Gasteiger charge is -2.38. The van der Waals surface area contributed by atoms with Crippen LogP contribution < -0.4 is 0 Å². The van der Waals surface area contributed by atoms with Crippen molar-refractivity contribution in [2.45, 2.75) is 86.8 Å². The van der Waals surface area contributed by atoms with Crippen molar-refractivity contribution in [3.63, 3.8) is 0 Å². The van der Waals surface area contributed by atoms with Crippen LogP contribution in [0.1, 0.15) is 75.2 Å². The van der Waals surface area contributed by atoms with Gasteiger partial charge in [-0.3, -0.25) is 4.90 Å². The molecule has 128 valence electrons. The minimum atomic E-state index is -0.252. The van der Waals surface area contributed by atoms with Gasteiger partial charge in [0.15, 0.2) is 0 Å². The Bertz CT molecular complexity index is 282. The largest absolute Gasteiger partial charge is 0.444 e. The van der Waals surface area contributed by atoms with Crippen LogP contribution in [0, 0.1) is 5.41 Å².